The number of hydrogen-bond donors (Lipinski definition) is 1. The van der Waals surface area contributed by atoms with E-state index in [0.717, 1.165) is 103 Å². The molecule has 10 heteroatoms. The van der Waals surface area contributed by atoms with Crippen molar-refractivity contribution in [1.82, 2.24) is 0 Å². The van der Waals surface area contributed by atoms with Gasteiger partial charge >= 0.3 is 19.8 Å². The topological polar surface area (TPSA) is 108 Å². The normalized spacial score (nSPS) is 14.2. The molecular weight excluding hydrogens is 942 g/mol. The number of ether oxygens (including phenoxy) is 2. The second kappa shape index (κ2) is 54.2. The molecule has 0 saturated carbocycles. The monoisotopic (exact) mass is 1050 g/mol. The highest BCUT2D eigenvalue weighted by Gasteiger charge is 2.27. The summed E-state index contributed by atoms with van der Waals surface area (Å²) in [5, 5.41) is 0. The van der Waals surface area contributed by atoms with E-state index in [9.17, 15) is 19.0 Å². The molecule has 0 aliphatic rings. The zero-order chi connectivity index (χ0) is 54.2. The Morgan fingerprint density at radius 2 is 0.730 bits per heavy atom. The van der Waals surface area contributed by atoms with Crippen LogP contribution in [0.15, 0.2) is 122 Å². The molecule has 2 atom stereocenters. The molecule has 0 rings (SSSR count). The first-order chi connectivity index (χ1) is 36.0. The molecule has 0 aliphatic carbocycles. The van der Waals surface area contributed by atoms with Crippen molar-refractivity contribution in [3.05, 3.63) is 122 Å². The summed E-state index contributed by atoms with van der Waals surface area (Å²) in [6.07, 6.45) is 77.0. The van der Waals surface area contributed by atoms with Crippen LogP contribution in [0.25, 0.3) is 0 Å². The van der Waals surface area contributed by atoms with Crippen molar-refractivity contribution < 1.29 is 42.1 Å². The maximum Gasteiger partial charge on any atom is 0.472 e. The largest absolute Gasteiger partial charge is 0.472 e. The number of carbonyl (C=O) groups is 2. The van der Waals surface area contributed by atoms with E-state index in [2.05, 4.69) is 135 Å². The Morgan fingerprint density at radius 3 is 1.09 bits per heavy atom. The van der Waals surface area contributed by atoms with Crippen molar-refractivity contribution in [2.45, 2.75) is 225 Å². The van der Waals surface area contributed by atoms with Crippen LogP contribution in [-0.4, -0.2) is 74.9 Å². The average Bonchev–Trinajstić information content (AvgIpc) is 3.36. The highest BCUT2D eigenvalue weighted by molar-refractivity contribution is 7.47. The fraction of sp³-hybridized carbons (Fsp3) is 0.656. The summed E-state index contributed by atoms with van der Waals surface area (Å²) in [5.41, 5.74) is 0. The first-order valence-corrected chi connectivity index (χ1v) is 30.8. The van der Waals surface area contributed by atoms with E-state index in [-0.39, 0.29) is 26.1 Å². The number of rotatable bonds is 52. The number of esters is 2. The summed E-state index contributed by atoms with van der Waals surface area (Å²) in [7, 11) is 1.44. The van der Waals surface area contributed by atoms with Crippen LogP contribution in [0, 0.1) is 0 Å². The van der Waals surface area contributed by atoms with E-state index in [1.165, 1.54) is 77.0 Å². The SMILES string of the molecule is CC/C=C\C/C=C\C/C=C\C/C=C\C/C=C\CCCCCCCCCCCCCCCCCC(=O)OC(COC(=O)CCCCC/C=C\C/C=C\C/C=C\C/C=C\C/C=C\CC)COP(=O)(O)OCC[N+](C)(C)C. The number of unbranched alkanes of at least 4 members (excludes halogenated alkanes) is 18. The van der Waals surface area contributed by atoms with Gasteiger partial charge in [0.2, 0.25) is 0 Å². The quantitative estimate of drug-likeness (QED) is 0.0211. The molecular formula is C64H109NO8P+. The van der Waals surface area contributed by atoms with Gasteiger partial charge in [0.25, 0.3) is 0 Å². The Bertz CT molecular complexity index is 1660. The minimum absolute atomic E-state index is 0.0203. The molecule has 0 radical (unpaired) electrons. The van der Waals surface area contributed by atoms with Gasteiger partial charge in [0.15, 0.2) is 6.10 Å². The van der Waals surface area contributed by atoms with Gasteiger partial charge < -0.3 is 18.9 Å². The molecule has 0 spiro atoms. The molecule has 2 unspecified atom stereocenters. The summed E-state index contributed by atoms with van der Waals surface area (Å²) in [6, 6.07) is 0. The predicted molar refractivity (Wildman–Crippen MR) is 316 cm³/mol. The summed E-state index contributed by atoms with van der Waals surface area (Å²) >= 11 is 0. The smallest absolute Gasteiger partial charge is 0.462 e. The Morgan fingerprint density at radius 1 is 0.419 bits per heavy atom. The van der Waals surface area contributed by atoms with Gasteiger partial charge in [-0.2, -0.15) is 0 Å². The molecule has 0 heterocycles. The lowest BCUT2D eigenvalue weighted by Gasteiger charge is -2.24. The molecule has 0 aromatic carbocycles. The highest BCUT2D eigenvalue weighted by atomic mass is 31.2. The number of carbonyl (C=O) groups excluding carboxylic acids is 2. The van der Waals surface area contributed by atoms with Crippen LogP contribution in [0.5, 0.6) is 0 Å². The Labute approximate surface area is 454 Å². The minimum atomic E-state index is -4.40. The van der Waals surface area contributed by atoms with Crippen LogP contribution < -0.4 is 0 Å². The maximum absolute atomic E-state index is 12.8. The Kier molecular flexibility index (Phi) is 51.6. The third kappa shape index (κ3) is 57.7. The zero-order valence-electron chi connectivity index (χ0n) is 47.8. The van der Waals surface area contributed by atoms with Crippen molar-refractivity contribution in [1.29, 1.82) is 0 Å². The summed E-state index contributed by atoms with van der Waals surface area (Å²) in [5.74, 6) is -0.841. The van der Waals surface area contributed by atoms with Crippen molar-refractivity contribution in [2.75, 3.05) is 47.5 Å². The predicted octanol–water partition coefficient (Wildman–Crippen LogP) is 18.4. The molecule has 0 aromatic rings. The number of phosphoric acid groups is 1. The van der Waals surface area contributed by atoms with Crippen LogP contribution in [-0.2, 0) is 32.7 Å². The Hall–Kier alpha value is -3.59. The number of phosphoric ester groups is 1. The molecule has 0 aliphatic heterocycles. The highest BCUT2D eigenvalue weighted by Crippen LogP contribution is 2.43. The third-order valence-corrected chi connectivity index (χ3v) is 13.0. The molecule has 422 valence electrons. The van der Waals surface area contributed by atoms with Gasteiger partial charge in [0.05, 0.1) is 27.7 Å². The standard InChI is InChI=1S/C64H108NO8P/c1-6-8-10-12-14-16-18-20-22-24-26-27-28-29-30-31-32-33-34-35-36-37-39-41-43-45-47-49-51-53-55-57-64(67)73-62(61-72-74(68,69)71-59-58-65(3,4)5)60-70-63(66)56-54-52-50-48-46-44-42-40-38-25-23-21-19-17-15-13-11-9-7-2/h8-11,14-17,20-23,26-27,29-30,38,40,44,46,62H,6-7,12-13,18-19,24-25,28,31-37,39,41-43,45,47-61H2,1-5H3/p+1/b10-8-,11-9-,16-14-,17-15-,22-20-,23-21-,27-26-,30-29-,40-38-,46-44-. The minimum Gasteiger partial charge on any atom is -0.462 e. The molecule has 1 N–H and O–H groups in total. The van der Waals surface area contributed by atoms with E-state index < -0.39 is 32.5 Å². The van der Waals surface area contributed by atoms with Crippen LogP contribution in [0.1, 0.15) is 219 Å². The van der Waals surface area contributed by atoms with Gasteiger partial charge in [0, 0.05) is 12.8 Å². The van der Waals surface area contributed by atoms with E-state index in [1.807, 2.05) is 21.1 Å². The van der Waals surface area contributed by atoms with E-state index in [4.69, 9.17) is 18.5 Å². The lowest BCUT2D eigenvalue weighted by Crippen LogP contribution is -2.37. The lowest BCUT2D eigenvalue weighted by molar-refractivity contribution is -0.870. The van der Waals surface area contributed by atoms with Gasteiger partial charge in [-0.3, -0.25) is 18.6 Å². The van der Waals surface area contributed by atoms with Crippen molar-refractivity contribution in [2.24, 2.45) is 0 Å². The number of likely N-dealkylation sites (N-methyl/N-ethyl adjacent to an activating group) is 1. The van der Waals surface area contributed by atoms with Crippen LogP contribution in [0.2, 0.25) is 0 Å². The van der Waals surface area contributed by atoms with Crippen molar-refractivity contribution >= 4 is 19.8 Å². The number of quaternary nitrogens is 1. The zero-order valence-corrected chi connectivity index (χ0v) is 48.7. The summed E-state index contributed by atoms with van der Waals surface area (Å²) in [6.45, 7) is 4.16. The molecule has 0 aromatic heterocycles. The van der Waals surface area contributed by atoms with Gasteiger partial charge in [-0.05, 0) is 103 Å². The number of hydrogen-bond acceptors (Lipinski definition) is 7. The van der Waals surface area contributed by atoms with Crippen molar-refractivity contribution in [3.8, 4) is 0 Å². The third-order valence-electron chi connectivity index (χ3n) is 12.0. The van der Waals surface area contributed by atoms with Gasteiger partial charge in [-0.25, -0.2) is 4.57 Å². The fourth-order valence-electron chi connectivity index (χ4n) is 7.54. The molecule has 0 amide bonds. The van der Waals surface area contributed by atoms with Gasteiger partial charge in [0.1, 0.15) is 19.8 Å². The van der Waals surface area contributed by atoms with E-state index >= 15 is 0 Å². The molecule has 74 heavy (non-hydrogen) atoms. The summed E-state index contributed by atoms with van der Waals surface area (Å²) in [4.78, 5) is 35.7. The van der Waals surface area contributed by atoms with Crippen molar-refractivity contribution in [3.63, 3.8) is 0 Å². The summed E-state index contributed by atoms with van der Waals surface area (Å²) < 4.78 is 34.5. The van der Waals surface area contributed by atoms with Gasteiger partial charge in [-0.15, -0.1) is 0 Å². The first-order valence-electron chi connectivity index (χ1n) is 29.3. The van der Waals surface area contributed by atoms with E-state index in [0.29, 0.717) is 23.9 Å². The number of nitrogens with zero attached hydrogens (tertiary/aromatic N) is 1. The van der Waals surface area contributed by atoms with Crippen LogP contribution >= 0.6 is 7.82 Å². The first kappa shape index (κ1) is 70.4. The molecule has 0 fully saturated rings. The Balaban J connectivity index is 4.18. The molecule has 9 nitrogen and oxygen atoms in total. The molecule has 0 bridgehead atoms. The number of allylic oxidation sites excluding steroid dienone is 20. The lowest BCUT2D eigenvalue weighted by atomic mass is 10.0. The van der Waals surface area contributed by atoms with Gasteiger partial charge in [-0.1, -0.05) is 225 Å². The second-order valence-corrected chi connectivity index (χ2v) is 21.7. The van der Waals surface area contributed by atoms with Crippen LogP contribution in [0.3, 0.4) is 0 Å². The average molecular weight is 1050 g/mol. The van der Waals surface area contributed by atoms with Crippen LogP contribution in [0.4, 0.5) is 0 Å². The maximum atomic E-state index is 12.8. The van der Waals surface area contributed by atoms with E-state index in [1.54, 1.807) is 0 Å². The fourth-order valence-corrected chi connectivity index (χ4v) is 8.28. The molecule has 0 saturated heterocycles. The second-order valence-electron chi connectivity index (χ2n) is 20.3.